The number of halogens is 3. The first kappa shape index (κ1) is 26.4. The Kier molecular flexibility index (Phi) is 7.64. The van der Waals surface area contributed by atoms with E-state index in [1.54, 1.807) is 4.90 Å². The fraction of sp³-hybridized carbons (Fsp3) is 0.826. The maximum absolute atomic E-state index is 13.2. The Bertz CT molecular complexity index is 820. The van der Waals surface area contributed by atoms with Crippen LogP contribution in [0.3, 0.4) is 0 Å². The number of amides is 3. The third-order valence-electron chi connectivity index (χ3n) is 6.94. The molecule has 0 bridgehead atoms. The van der Waals surface area contributed by atoms with Crippen molar-refractivity contribution in [1.82, 2.24) is 15.5 Å². The van der Waals surface area contributed by atoms with Crippen LogP contribution in [0.5, 0.6) is 0 Å². The Hall–Kier alpha value is -2.17. The number of carbonyl (C=O) groups excluding carboxylic acids is 4. The van der Waals surface area contributed by atoms with Crippen LogP contribution in [0.1, 0.15) is 65.7 Å². The summed E-state index contributed by atoms with van der Waals surface area (Å²) >= 11 is 0. The quantitative estimate of drug-likeness (QED) is 0.517. The van der Waals surface area contributed by atoms with Gasteiger partial charge in [-0.25, -0.2) is 0 Å². The molecule has 11 heteroatoms. The fourth-order valence-corrected chi connectivity index (χ4v) is 4.66. The number of likely N-dealkylation sites (tertiary alicyclic amines) is 1. The van der Waals surface area contributed by atoms with Crippen molar-refractivity contribution < 1.29 is 37.1 Å². The highest BCUT2D eigenvalue weighted by Gasteiger charge is 2.55. The molecule has 3 aliphatic rings. The number of hydrogen-bond acceptors (Lipinski definition) is 5. The zero-order valence-electron chi connectivity index (χ0n) is 19.9. The van der Waals surface area contributed by atoms with Gasteiger partial charge in [0.2, 0.25) is 17.7 Å². The zero-order valence-corrected chi connectivity index (χ0v) is 19.9. The summed E-state index contributed by atoms with van der Waals surface area (Å²) in [5, 5.41) is 5.17. The molecule has 0 radical (unpaired) electrons. The first-order chi connectivity index (χ1) is 15.7. The Morgan fingerprint density at radius 2 is 1.91 bits per heavy atom. The lowest BCUT2D eigenvalue weighted by Crippen LogP contribution is -2.52. The van der Waals surface area contributed by atoms with Crippen molar-refractivity contribution in [2.24, 2.45) is 16.7 Å². The highest BCUT2D eigenvalue weighted by molar-refractivity contribution is 5.94. The standard InChI is InChI=1S/C23H34F3N3O5/c1-21(2,3)6-4-18(31)29-13-22(7-8-22)11-16(29)20(33)28-15(10-14-5-9-27-19(14)32)17(30)12-34-23(24,25)26/h14-16H,4-13H2,1-3H3,(H,27,32)(H,28,33)/t14-,15-,16-/m0/s1. The van der Waals surface area contributed by atoms with E-state index in [4.69, 9.17) is 0 Å². The lowest BCUT2D eigenvalue weighted by molar-refractivity contribution is -0.321. The smallest absolute Gasteiger partial charge is 0.356 e. The SMILES string of the molecule is CC(C)(C)CCC(=O)N1CC2(CC2)C[C@H]1C(=O)N[C@@H](C[C@@H]1CCNC1=O)C(=O)COC(F)(F)F. The number of Topliss-reactive ketones (excluding diaryl/α,β-unsaturated/α-hetero) is 1. The Morgan fingerprint density at radius 1 is 1.24 bits per heavy atom. The van der Waals surface area contributed by atoms with Crippen LogP contribution in [-0.2, 0) is 23.9 Å². The first-order valence-corrected chi connectivity index (χ1v) is 11.8. The summed E-state index contributed by atoms with van der Waals surface area (Å²) in [7, 11) is 0. The third-order valence-corrected chi connectivity index (χ3v) is 6.94. The van der Waals surface area contributed by atoms with Gasteiger partial charge in [-0.05, 0) is 49.4 Å². The van der Waals surface area contributed by atoms with Crippen LogP contribution in [0, 0.1) is 16.7 Å². The predicted molar refractivity (Wildman–Crippen MR) is 115 cm³/mol. The van der Waals surface area contributed by atoms with E-state index < -0.39 is 42.7 Å². The molecule has 2 N–H and O–H groups in total. The summed E-state index contributed by atoms with van der Waals surface area (Å²) in [6, 6.07) is -2.10. The molecule has 192 valence electrons. The number of alkyl halides is 3. The highest BCUT2D eigenvalue weighted by Crippen LogP contribution is 2.55. The van der Waals surface area contributed by atoms with Crippen molar-refractivity contribution in [2.45, 2.75) is 84.2 Å². The van der Waals surface area contributed by atoms with Crippen LogP contribution < -0.4 is 10.6 Å². The van der Waals surface area contributed by atoms with Crippen molar-refractivity contribution in [3.05, 3.63) is 0 Å². The molecule has 3 rings (SSSR count). The molecular formula is C23H34F3N3O5. The van der Waals surface area contributed by atoms with E-state index in [0.29, 0.717) is 32.4 Å². The predicted octanol–water partition coefficient (Wildman–Crippen LogP) is 2.31. The molecule has 0 aromatic rings. The topological polar surface area (TPSA) is 105 Å². The second-order valence-electron chi connectivity index (χ2n) is 11.1. The van der Waals surface area contributed by atoms with E-state index in [1.807, 2.05) is 20.8 Å². The molecule has 2 heterocycles. The van der Waals surface area contributed by atoms with Gasteiger partial charge in [-0.15, -0.1) is 13.2 Å². The minimum absolute atomic E-state index is 0.0533. The second kappa shape index (κ2) is 9.83. The van der Waals surface area contributed by atoms with Gasteiger partial charge in [-0.2, -0.15) is 0 Å². The van der Waals surface area contributed by atoms with Crippen LogP contribution in [0.25, 0.3) is 0 Å². The van der Waals surface area contributed by atoms with Gasteiger partial charge >= 0.3 is 6.36 Å². The summed E-state index contributed by atoms with van der Waals surface area (Å²) in [6.07, 6.45) is -1.48. The number of carbonyl (C=O) groups is 4. The summed E-state index contributed by atoms with van der Waals surface area (Å²) < 4.78 is 41.1. The molecule has 0 aromatic carbocycles. The van der Waals surface area contributed by atoms with Crippen molar-refractivity contribution in [1.29, 1.82) is 0 Å². The highest BCUT2D eigenvalue weighted by atomic mass is 19.4. The van der Waals surface area contributed by atoms with E-state index in [-0.39, 0.29) is 35.5 Å². The number of rotatable bonds is 9. The maximum atomic E-state index is 13.2. The molecule has 3 atom stereocenters. The molecule has 34 heavy (non-hydrogen) atoms. The molecule has 2 saturated heterocycles. The average Bonchev–Trinajstić information content (AvgIpc) is 3.18. The van der Waals surface area contributed by atoms with Crippen molar-refractivity contribution >= 4 is 23.5 Å². The minimum atomic E-state index is -4.99. The number of nitrogens with zero attached hydrogens (tertiary/aromatic N) is 1. The van der Waals surface area contributed by atoms with E-state index in [1.165, 1.54) is 0 Å². The van der Waals surface area contributed by atoms with E-state index >= 15 is 0 Å². The lowest BCUT2D eigenvalue weighted by atomic mass is 9.90. The third kappa shape index (κ3) is 7.16. The summed E-state index contributed by atoms with van der Waals surface area (Å²) in [4.78, 5) is 52.3. The van der Waals surface area contributed by atoms with Crippen LogP contribution in [-0.4, -0.2) is 66.5 Å². The van der Waals surface area contributed by atoms with Gasteiger partial charge in [0, 0.05) is 25.4 Å². The fourth-order valence-electron chi connectivity index (χ4n) is 4.66. The van der Waals surface area contributed by atoms with E-state index in [2.05, 4.69) is 15.4 Å². The summed E-state index contributed by atoms with van der Waals surface area (Å²) in [6.45, 7) is 5.68. The number of hydrogen-bond donors (Lipinski definition) is 2. The Morgan fingerprint density at radius 3 is 2.44 bits per heavy atom. The number of ether oxygens (including phenoxy) is 1. The molecule has 1 aliphatic carbocycles. The van der Waals surface area contributed by atoms with Gasteiger partial charge in [0.05, 0.1) is 6.04 Å². The number of nitrogens with one attached hydrogen (secondary N) is 2. The van der Waals surface area contributed by atoms with E-state index in [0.717, 1.165) is 12.8 Å². The van der Waals surface area contributed by atoms with Crippen LogP contribution in [0.2, 0.25) is 0 Å². The van der Waals surface area contributed by atoms with Gasteiger partial charge in [-0.1, -0.05) is 20.8 Å². The maximum Gasteiger partial charge on any atom is 0.522 e. The minimum Gasteiger partial charge on any atom is -0.356 e. The van der Waals surface area contributed by atoms with Crippen LogP contribution in [0.4, 0.5) is 13.2 Å². The summed E-state index contributed by atoms with van der Waals surface area (Å²) in [5.41, 5.74) is -0.147. The van der Waals surface area contributed by atoms with E-state index in [9.17, 15) is 32.3 Å². The van der Waals surface area contributed by atoms with Crippen molar-refractivity contribution in [3.63, 3.8) is 0 Å². The number of ketones is 1. The molecule has 1 spiro atoms. The molecule has 3 amide bonds. The molecule has 0 aromatic heterocycles. The molecule has 2 aliphatic heterocycles. The van der Waals surface area contributed by atoms with Gasteiger partial charge in [-0.3, -0.25) is 23.9 Å². The first-order valence-electron chi connectivity index (χ1n) is 11.8. The molecule has 8 nitrogen and oxygen atoms in total. The van der Waals surface area contributed by atoms with Crippen LogP contribution in [0.15, 0.2) is 0 Å². The zero-order chi connectivity index (χ0) is 25.3. The Balaban J connectivity index is 1.70. The monoisotopic (exact) mass is 489 g/mol. The van der Waals surface area contributed by atoms with Gasteiger partial charge in [0.15, 0.2) is 5.78 Å². The van der Waals surface area contributed by atoms with Crippen LogP contribution >= 0.6 is 0 Å². The summed E-state index contributed by atoms with van der Waals surface area (Å²) in [5.74, 6) is -2.58. The molecule has 0 unspecified atom stereocenters. The van der Waals surface area contributed by atoms with Gasteiger partial charge < -0.3 is 15.5 Å². The van der Waals surface area contributed by atoms with Crippen molar-refractivity contribution in [2.75, 3.05) is 19.7 Å². The lowest BCUT2D eigenvalue weighted by Gasteiger charge is -2.28. The molecule has 3 fully saturated rings. The largest absolute Gasteiger partial charge is 0.522 e. The molecule has 1 saturated carbocycles. The molecular weight excluding hydrogens is 455 g/mol. The average molecular weight is 490 g/mol. The van der Waals surface area contributed by atoms with Gasteiger partial charge in [0.1, 0.15) is 12.6 Å². The Labute approximate surface area is 197 Å². The second-order valence-corrected chi connectivity index (χ2v) is 11.1. The van der Waals surface area contributed by atoms with Crippen molar-refractivity contribution in [3.8, 4) is 0 Å². The van der Waals surface area contributed by atoms with Gasteiger partial charge in [0.25, 0.3) is 0 Å². The normalized spacial score (nSPS) is 24.8.